The Hall–Kier alpha value is -7.20. The summed E-state index contributed by atoms with van der Waals surface area (Å²) in [5, 5.41) is 28.7. The van der Waals surface area contributed by atoms with E-state index in [4.69, 9.17) is 37.3 Å². The van der Waals surface area contributed by atoms with Crippen molar-refractivity contribution in [2.45, 2.75) is 156 Å². The standard InChI is InChI=1S/C27H35N7O2.C22H24ClN5O2.C10H20N2O2.CH4O/c1-17-9-10-22(29-19(3)35)21(13-17)27(36)33-12-5-4-8-24(33)23-14-25-30-26(18(2)15-34(25)31-23)32-11-6-7-20(28)16-32;1-13-7-8-17(24-15(3)29)16(10-13)22(30)27-9-5-4-6-19(27)18-11-20-25-21(23)14(2)12-28(20)26-18;1-10(2,3)14-9(13)12-8-5-4-6-11-7-8;1-2/h9-10,13-15,20,24H,4-8,11-12,16,28H2,1-3H3,(H,29,35);7-8,10-12,19H,4-6,9H2,1-3H3,(H,24,29);8,11H,4-7H2,1-3H3,(H,12,13);2H,1H3/t20-,24-;19-;8-;/m000./s1. The molecule has 4 aliphatic rings. The second-order valence-electron chi connectivity index (χ2n) is 22.7. The third kappa shape index (κ3) is 16.3. The lowest BCUT2D eigenvalue weighted by atomic mass is 9.97. The average Bonchev–Trinajstić information content (AvgIpc) is 4.22. The van der Waals surface area contributed by atoms with E-state index in [0.29, 0.717) is 46.4 Å². The fourth-order valence-corrected chi connectivity index (χ4v) is 11.0. The number of alkyl carbamates (subject to hydrolysis) is 1. The Morgan fingerprint density at radius 3 is 1.70 bits per heavy atom. The van der Waals surface area contributed by atoms with Gasteiger partial charge in [-0.05, 0) is 143 Å². The summed E-state index contributed by atoms with van der Waals surface area (Å²) in [6.07, 6.45) is 13.4. The van der Waals surface area contributed by atoms with E-state index in [9.17, 15) is 24.0 Å². The molecule has 4 aromatic heterocycles. The number of aryl methyl sites for hydroxylation is 4. The first-order valence-electron chi connectivity index (χ1n) is 28.5. The zero-order chi connectivity index (χ0) is 59.4. The molecule has 21 nitrogen and oxygen atoms in total. The lowest BCUT2D eigenvalue weighted by Crippen LogP contribution is -2.47. The van der Waals surface area contributed by atoms with Crippen LogP contribution < -0.4 is 31.9 Å². The molecule has 0 saturated carbocycles. The lowest BCUT2D eigenvalue weighted by Gasteiger charge is -2.35. The topological polar surface area (TPSA) is 259 Å². The minimum absolute atomic E-state index is 0.0867. The van der Waals surface area contributed by atoms with Crippen LogP contribution in [-0.4, -0.2) is 138 Å². The fraction of sp³-hybridized carbons (Fsp3) is 0.517. The molecule has 4 atom stereocenters. The number of nitrogens with zero attached hydrogens (tertiary/aromatic N) is 9. The van der Waals surface area contributed by atoms with Gasteiger partial charge in [-0.3, -0.25) is 19.2 Å². The van der Waals surface area contributed by atoms with Gasteiger partial charge in [0.25, 0.3) is 11.8 Å². The average molecular weight is 1150 g/mol. The normalized spacial score (nSPS) is 19.1. The van der Waals surface area contributed by atoms with E-state index >= 15 is 0 Å². The van der Waals surface area contributed by atoms with Crippen LogP contribution in [0, 0.1) is 27.7 Å². The van der Waals surface area contributed by atoms with Crippen LogP contribution in [0.25, 0.3) is 11.3 Å². The van der Waals surface area contributed by atoms with Crippen LogP contribution in [-0.2, 0) is 14.3 Å². The Morgan fingerprint density at radius 2 is 1.21 bits per heavy atom. The highest BCUT2D eigenvalue weighted by molar-refractivity contribution is 6.30. The number of aromatic nitrogens is 6. The van der Waals surface area contributed by atoms with Gasteiger partial charge in [0.15, 0.2) is 11.3 Å². The molecule has 4 aliphatic heterocycles. The van der Waals surface area contributed by atoms with Gasteiger partial charge in [-0.1, -0.05) is 34.9 Å². The number of ether oxygens (including phenoxy) is 1. The number of aliphatic hydroxyl groups is 1. The van der Waals surface area contributed by atoms with E-state index in [2.05, 4.69) is 43.2 Å². The Labute approximate surface area is 486 Å². The van der Waals surface area contributed by atoms with Crippen molar-refractivity contribution in [3.8, 4) is 0 Å². The number of halogens is 1. The van der Waals surface area contributed by atoms with E-state index in [1.807, 2.05) is 105 Å². The molecule has 4 fully saturated rings. The number of likely N-dealkylation sites (tertiary alicyclic amines) is 2. The number of fused-ring (bicyclic) bond motifs is 2. The lowest BCUT2D eigenvalue weighted by molar-refractivity contribution is -0.115. The maximum atomic E-state index is 13.8. The van der Waals surface area contributed by atoms with Gasteiger partial charge in [-0.2, -0.15) is 10.2 Å². The van der Waals surface area contributed by atoms with E-state index in [-0.39, 0.29) is 53.9 Å². The molecule has 0 spiro atoms. The van der Waals surface area contributed by atoms with Crippen LogP contribution in [0.3, 0.4) is 0 Å². The molecule has 8 heterocycles. The number of hydrogen-bond donors (Lipinski definition) is 6. The molecule has 0 aliphatic carbocycles. The van der Waals surface area contributed by atoms with Crippen LogP contribution in [0.5, 0.6) is 0 Å². The summed E-state index contributed by atoms with van der Waals surface area (Å²) in [5.41, 5.74) is 14.8. The highest BCUT2D eigenvalue weighted by atomic mass is 35.5. The minimum Gasteiger partial charge on any atom is -0.444 e. The number of aliphatic hydroxyl groups excluding tert-OH is 1. The van der Waals surface area contributed by atoms with Crippen molar-refractivity contribution in [3.05, 3.63) is 111 Å². The van der Waals surface area contributed by atoms with Crippen molar-refractivity contribution in [1.82, 2.24) is 49.6 Å². The number of amides is 5. The van der Waals surface area contributed by atoms with Crippen LogP contribution in [0.4, 0.5) is 22.0 Å². The monoisotopic (exact) mass is 1150 g/mol. The quantitative estimate of drug-likeness (QED) is 0.0779. The first-order valence-corrected chi connectivity index (χ1v) is 28.9. The van der Waals surface area contributed by atoms with Crippen molar-refractivity contribution in [3.63, 3.8) is 0 Å². The molecule has 22 heteroatoms. The highest BCUT2D eigenvalue weighted by Crippen LogP contribution is 2.36. The minimum atomic E-state index is -0.411. The van der Waals surface area contributed by atoms with Crippen LogP contribution in [0.2, 0.25) is 5.15 Å². The zero-order valence-electron chi connectivity index (χ0n) is 49.3. The summed E-state index contributed by atoms with van der Waals surface area (Å²) >= 11 is 6.16. The maximum Gasteiger partial charge on any atom is 0.407 e. The summed E-state index contributed by atoms with van der Waals surface area (Å²) in [5.74, 6) is 0.361. The maximum absolute atomic E-state index is 13.8. The van der Waals surface area contributed by atoms with Crippen molar-refractivity contribution in [1.29, 1.82) is 0 Å². The third-order valence-corrected chi connectivity index (χ3v) is 15.0. The molecule has 7 N–H and O–H groups in total. The number of carbonyl (C=O) groups excluding carboxylic acids is 5. The van der Waals surface area contributed by atoms with Gasteiger partial charge in [-0.15, -0.1) is 0 Å². The molecule has 0 unspecified atom stereocenters. The van der Waals surface area contributed by atoms with Crippen LogP contribution in [0.15, 0.2) is 60.9 Å². The number of anilines is 3. The van der Waals surface area contributed by atoms with Crippen LogP contribution in [0.1, 0.15) is 165 Å². The first kappa shape index (κ1) is 62.4. The summed E-state index contributed by atoms with van der Waals surface area (Å²) in [6.45, 7) is 21.3. The largest absolute Gasteiger partial charge is 0.444 e. The van der Waals surface area contributed by atoms with Gasteiger partial charge in [0, 0.05) is 101 Å². The third-order valence-electron chi connectivity index (χ3n) is 14.6. The molecule has 6 aromatic rings. The van der Waals surface area contributed by atoms with Crippen molar-refractivity contribution in [2.75, 3.05) is 61.9 Å². The SMILES string of the molecule is CC(=O)Nc1ccc(C)cc1C(=O)N1CCCC[C@H]1c1cc2nc(Cl)c(C)cn2n1.CC(=O)Nc1ccc(C)cc1C(=O)N1CCCC[C@H]1c1cc2nc(N3CCC[C@H](N)C3)c(C)cn2n1.CC(C)(C)OC(=O)N[C@H]1CCCNC1.CO. The summed E-state index contributed by atoms with van der Waals surface area (Å²) in [7, 11) is 1.00. The van der Waals surface area contributed by atoms with E-state index in [0.717, 1.165) is 143 Å². The van der Waals surface area contributed by atoms with Gasteiger partial charge in [-0.25, -0.2) is 23.8 Å². The number of piperidine rings is 4. The molecule has 10 rings (SSSR count). The first-order chi connectivity index (χ1) is 39.1. The van der Waals surface area contributed by atoms with Gasteiger partial charge >= 0.3 is 6.09 Å². The molecule has 0 radical (unpaired) electrons. The number of carbonyl (C=O) groups is 5. The second kappa shape index (κ2) is 28.2. The zero-order valence-corrected chi connectivity index (χ0v) is 50.0. The van der Waals surface area contributed by atoms with Crippen molar-refractivity contribution in [2.24, 2.45) is 5.73 Å². The van der Waals surface area contributed by atoms with Gasteiger partial charge in [0.2, 0.25) is 11.8 Å². The molecular formula is C60H83ClN14O7. The molecule has 2 aromatic carbocycles. The smallest absolute Gasteiger partial charge is 0.407 e. The van der Waals surface area contributed by atoms with Gasteiger partial charge in [0.05, 0.1) is 46.0 Å². The van der Waals surface area contributed by atoms with Gasteiger partial charge < -0.3 is 51.5 Å². The predicted molar refractivity (Wildman–Crippen MR) is 320 cm³/mol. The molecule has 82 heavy (non-hydrogen) atoms. The highest BCUT2D eigenvalue weighted by Gasteiger charge is 2.34. The number of hydrogen-bond acceptors (Lipinski definition) is 14. The van der Waals surface area contributed by atoms with Crippen LogP contribution >= 0.6 is 11.6 Å². The number of benzene rings is 2. The molecular weight excluding hydrogens is 1060 g/mol. The van der Waals surface area contributed by atoms with E-state index in [1.165, 1.54) is 13.8 Å². The Kier molecular flexibility index (Phi) is 21.4. The summed E-state index contributed by atoms with van der Waals surface area (Å²) in [6, 6.07) is 15.0. The molecule has 4 saturated heterocycles. The Balaban J connectivity index is 0.000000189. The van der Waals surface area contributed by atoms with E-state index in [1.54, 1.807) is 16.6 Å². The Morgan fingerprint density at radius 1 is 0.683 bits per heavy atom. The van der Waals surface area contributed by atoms with Gasteiger partial charge in [0.1, 0.15) is 16.6 Å². The summed E-state index contributed by atoms with van der Waals surface area (Å²) in [4.78, 5) is 77.5. The second-order valence-corrected chi connectivity index (χ2v) is 23.1. The predicted octanol–water partition coefficient (Wildman–Crippen LogP) is 8.80. The molecule has 442 valence electrons. The number of nitrogens with one attached hydrogen (secondary N) is 4. The van der Waals surface area contributed by atoms with E-state index < -0.39 is 5.60 Å². The molecule has 5 amide bonds. The fourth-order valence-electron chi connectivity index (χ4n) is 10.9. The Bertz CT molecular complexity index is 3180. The summed E-state index contributed by atoms with van der Waals surface area (Å²) < 4.78 is 8.70. The van der Waals surface area contributed by atoms with Crippen molar-refractivity contribution >= 4 is 69.8 Å². The number of nitrogens with two attached hydrogens (primary N) is 1. The number of rotatable bonds is 8. The van der Waals surface area contributed by atoms with Crippen molar-refractivity contribution < 1.29 is 33.8 Å². The molecule has 0 bridgehead atoms.